The standard InChI is InChI=1S/C25H17NO3/c1-25(2)18-10-12(27)6-8-14(18)22-20(25)16-4-3-5-17-21(16)26(22)23-15-9-7-13(28)11-19(15)29-24(17)23/h3-11,27-28H,1-2H3. The van der Waals surface area contributed by atoms with E-state index >= 15 is 0 Å². The topological polar surface area (TPSA) is 58.0 Å². The Labute approximate surface area is 165 Å². The van der Waals surface area contributed by atoms with Crippen LogP contribution in [0.3, 0.4) is 0 Å². The Morgan fingerprint density at radius 2 is 1.59 bits per heavy atom. The average molecular weight is 379 g/mol. The van der Waals surface area contributed by atoms with Crippen LogP contribution in [0.15, 0.2) is 59.0 Å². The van der Waals surface area contributed by atoms with E-state index in [9.17, 15) is 10.2 Å². The molecule has 0 amide bonds. The molecule has 4 nitrogen and oxygen atoms in total. The van der Waals surface area contributed by atoms with Crippen molar-refractivity contribution in [3.63, 3.8) is 0 Å². The number of hydrogen-bond acceptors (Lipinski definition) is 3. The molecule has 0 aliphatic heterocycles. The third kappa shape index (κ3) is 1.56. The smallest absolute Gasteiger partial charge is 0.161 e. The minimum atomic E-state index is -0.221. The SMILES string of the molecule is CC1(C)c2cc(O)ccc2-c2c1c1cccc3c4oc5cc(O)ccc5c4n2c13. The van der Waals surface area contributed by atoms with Gasteiger partial charge in [0.05, 0.1) is 11.2 Å². The van der Waals surface area contributed by atoms with E-state index in [-0.39, 0.29) is 11.2 Å². The molecule has 3 aromatic heterocycles. The molecular weight excluding hydrogens is 362 g/mol. The van der Waals surface area contributed by atoms with Crippen molar-refractivity contribution in [1.82, 2.24) is 4.40 Å². The Bertz CT molecular complexity index is 1650. The Balaban J connectivity index is 1.81. The number of aromatic nitrogens is 1. The van der Waals surface area contributed by atoms with Crippen LogP contribution < -0.4 is 0 Å². The van der Waals surface area contributed by atoms with Gasteiger partial charge in [-0.05, 0) is 47.5 Å². The van der Waals surface area contributed by atoms with Crippen molar-refractivity contribution in [1.29, 1.82) is 0 Å². The van der Waals surface area contributed by atoms with Crippen LogP contribution in [0.2, 0.25) is 0 Å². The van der Waals surface area contributed by atoms with E-state index in [4.69, 9.17) is 4.42 Å². The summed E-state index contributed by atoms with van der Waals surface area (Å²) in [4.78, 5) is 0. The number of phenolic OH excluding ortho intramolecular Hbond substituents is 2. The molecule has 7 rings (SSSR count). The molecule has 0 saturated heterocycles. The highest BCUT2D eigenvalue weighted by Gasteiger charge is 2.41. The number of fused-ring (bicyclic) bond motifs is 10. The third-order valence-corrected chi connectivity index (χ3v) is 6.66. The molecule has 29 heavy (non-hydrogen) atoms. The van der Waals surface area contributed by atoms with E-state index in [1.807, 2.05) is 18.2 Å². The summed E-state index contributed by atoms with van der Waals surface area (Å²) in [7, 11) is 0. The lowest BCUT2D eigenvalue weighted by molar-refractivity contribution is 0.473. The van der Waals surface area contributed by atoms with Gasteiger partial charge in [-0.3, -0.25) is 0 Å². The molecule has 0 fully saturated rings. The summed E-state index contributed by atoms with van der Waals surface area (Å²) in [6, 6.07) is 17.3. The Morgan fingerprint density at radius 3 is 2.45 bits per heavy atom. The van der Waals surface area contributed by atoms with Gasteiger partial charge in [0.15, 0.2) is 5.58 Å². The van der Waals surface area contributed by atoms with Gasteiger partial charge in [0.1, 0.15) is 22.6 Å². The first-order chi connectivity index (χ1) is 14.0. The summed E-state index contributed by atoms with van der Waals surface area (Å²) < 4.78 is 8.54. The van der Waals surface area contributed by atoms with Gasteiger partial charge in [-0.15, -0.1) is 0 Å². The molecule has 3 aromatic carbocycles. The van der Waals surface area contributed by atoms with Crippen LogP contribution in [0, 0.1) is 0 Å². The number of furan rings is 1. The molecular formula is C25H17NO3. The fraction of sp³-hybridized carbons (Fsp3) is 0.120. The molecule has 0 spiro atoms. The lowest BCUT2D eigenvalue weighted by Gasteiger charge is -2.21. The predicted octanol–water partition coefficient (Wildman–Crippen LogP) is 6.15. The lowest BCUT2D eigenvalue weighted by atomic mass is 9.81. The highest BCUT2D eigenvalue weighted by atomic mass is 16.3. The van der Waals surface area contributed by atoms with Gasteiger partial charge in [-0.25, -0.2) is 0 Å². The van der Waals surface area contributed by atoms with E-state index in [0.29, 0.717) is 11.3 Å². The van der Waals surface area contributed by atoms with Gasteiger partial charge in [-0.1, -0.05) is 26.0 Å². The van der Waals surface area contributed by atoms with Crippen molar-refractivity contribution in [2.45, 2.75) is 19.3 Å². The van der Waals surface area contributed by atoms with Gasteiger partial charge in [0.25, 0.3) is 0 Å². The average Bonchev–Trinajstić information content (AvgIpc) is 3.36. The summed E-state index contributed by atoms with van der Waals surface area (Å²) in [5.74, 6) is 0.487. The first-order valence-electron chi connectivity index (χ1n) is 9.75. The molecule has 0 unspecified atom stereocenters. The Morgan fingerprint density at radius 1 is 0.828 bits per heavy atom. The molecule has 2 N–H and O–H groups in total. The fourth-order valence-corrected chi connectivity index (χ4v) is 5.50. The molecule has 4 heteroatoms. The fourth-order valence-electron chi connectivity index (χ4n) is 5.50. The summed E-state index contributed by atoms with van der Waals surface area (Å²) in [5.41, 5.74) is 8.25. The molecule has 3 heterocycles. The second-order valence-electron chi connectivity index (χ2n) is 8.58. The monoisotopic (exact) mass is 379 g/mol. The van der Waals surface area contributed by atoms with E-state index < -0.39 is 0 Å². The normalized spacial score (nSPS) is 15.1. The number of benzene rings is 3. The molecule has 0 radical (unpaired) electrons. The van der Waals surface area contributed by atoms with Crippen molar-refractivity contribution in [3.8, 4) is 22.8 Å². The maximum absolute atomic E-state index is 10.1. The van der Waals surface area contributed by atoms with Crippen LogP contribution in [-0.4, -0.2) is 14.6 Å². The maximum Gasteiger partial charge on any atom is 0.161 e. The molecule has 0 atom stereocenters. The summed E-state index contributed by atoms with van der Waals surface area (Å²) in [6.45, 7) is 4.45. The zero-order valence-electron chi connectivity index (χ0n) is 15.9. The third-order valence-electron chi connectivity index (χ3n) is 6.66. The number of aromatic hydroxyl groups is 2. The number of phenols is 2. The number of rotatable bonds is 0. The molecule has 0 saturated carbocycles. The molecule has 0 bridgehead atoms. The number of hydrogen-bond donors (Lipinski definition) is 2. The summed E-state index contributed by atoms with van der Waals surface area (Å²) in [6.07, 6.45) is 0. The van der Waals surface area contributed by atoms with Gasteiger partial charge in [0, 0.05) is 33.2 Å². The molecule has 140 valence electrons. The van der Waals surface area contributed by atoms with Crippen molar-refractivity contribution in [2.24, 2.45) is 0 Å². The van der Waals surface area contributed by atoms with Gasteiger partial charge >= 0.3 is 0 Å². The quantitative estimate of drug-likeness (QED) is 0.333. The van der Waals surface area contributed by atoms with E-state index in [2.05, 4.69) is 36.4 Å². The first-order valence-corrected chi connectivity index (χ1v) is 9.75. The van der Waals surface area contributed by atoms with Crippen molar-refractivity contribution in [2.75, 3.05) is 0 Å². The van der Waals surface area contributed by atoms with E-state index in [1.54, 1.807) is 18.2 Å². The highest BCUT2D eigenvalue weighted by Crippen LogP contribution is 2.56. The van der Waals surface area contributed by atoms with E-state index in [0.717, 1.165) is 33.0 Å². The highest BCUT2D eigenvalue weighted by molar-refractivity contribution is 6.22. The minimum Gasteiger partial charge on any atom is -0.508 e. The van der Waals surface area contributed by atoms with Crippen LogP contribution >= 0.6 is 0 Å². The number of para-hydroxylation sites is 1. The Hall–Kier alpha value is -3.66. The van der Waals surface area contributed by atoms with Crippen molar-refractivity contribution >= 4 is 38.4 Å². The lowest BCUT2D eigenvalue weighted by Crippen LogP contribution is -2.14. The molecule has 1 aliphatic rings. The second kappa shape index (κ2) is 4.49. The van der Waals surface area contributed by atoms with Crippen LogP contribution in [-0.2, 0) is 5.41 Å². The van der Waals surface area contributed by atoms with Gasteiger partial charge in [-0.2, -0.15) is 0 Å². The first kappa shape index (κ1) is 15.3. The second-order valence-corrected chi connectivity index (χ2v) is 8.58. The zero-order chi connectivity index (χ0) is 19.7. The van der Waals surface area contributed by atoms with Crippen molar-refractivity contribution < 1.29 is 14.6 Å². The van der Waals surface area contributed by atoms with Crippen LogP contribution in [0.1, 0.15) is 25.0 Å². The summed E-state index contributed by atoms with van der Waals surface area (Å²) >= 11 is 0. The summed E-state index contributed by atoms with van der Waals surface area (Å²) in [5, 5.41) is 23.3. The van der Waals surface area contributed by atoms with Gasteiger partial charge in [0.2, 0.25) is 0 Å². The largest absolute Gasteiger partial charge is 0.508 e. The predicted molar refractivity (Wildman–Crippen MR) is 114 cm³/mol. The minimum absolute atomic E-state index is 0.197. The van der Waals surface area contributed by atoms with Crippen LogP contribution in [0.4, 0.5) is 0 Å². The molecule has 6 aromatic rings. The molecule has 1 aliphatic carbocycles. The van der Waals surface area contributed by atoms with Crippen LogP contribution in [0.25, 0.3) is 49.6 Å². The van der Waals surface area contributed by atoms with Crippen molar-refractivity contribution in [3.05, 3.63) is 65.7 Å². The van der Waals surface area contributed by atoms with E-state index in [1.165, 1.54) is 22.2 Å². The zero-order valence-corrected chi connectivity index (χ0v) is 15.9. The number of nitrogens with zero attached hydrogens (tertiary/aromatic N) is 1. The Kier molecular flexibility index (Phi) is 2.37. The van der Waals surface area contributed by atoms with Gasteiger partial charge < -0.3 is 19.0 Å². The maximum atomic E-state index is 10.1. The van der Waals surface area contributed by atoms with Crippen LogP contribution in [0.5, 0.6) is 11.5 Å².